The molecule has 1 aromatic carbocycles. The van der Waals surface area contributed by atoms with Gasteiger partial charge in [0, 0.05) is 20.2 Å². The van der Waals surface area contributed by atoms with E-state index >= 15 is 0 Å². The van der Waals surface area contributed by atoms with Crippen LogP contribution in [-0.4, -0.2) is 78.5 Å². The lowest BCUT2D eigenvalue weighted by atomic mass is 10.3. The van der Waals surface area contributed by atoms with Crippen LogP contribution in [0.5, 0.6) is 5.75 Å². The summed E-state index contributed by atoms with van der Waals surface area (Å²) < 4.78 is 47.7. The van der Waals surface area contributed by atoms with Crippen molar-refractivity contribution in [3.8, 4) is 5.75 Å². The molecule has 0 bridgehead atoms. The highest BCUT2D eigenvalue weighted by atomic mass is 32.2. The zero-order valence-electron chi connectivity index (χ0n) is 15.6. The van der Waals surface area contributed by atoms with Gasteiger partial charge in [-0.2, -0.15) is 4.31 Å². The molecule has 9 nitrogen and oxygen atoms in total. The molecule has 27 heavy (non-hydrogen) atoms. The summed E-state index contributed by atoms with van der Waals surface area (Å²) in [5, 5.41) is 2.65. The van der Waals surface area contributed by atoms with Crippen molar-refractivity contribution in [3.05, 3.63) is 18.2 Å². The summed E-state index contributed by atoms with van der Waals surface area (Å²) in [5.41, 5.74) is 0.284. The molecule has 0 aliphatic carbocycles. The number of nitrogens with zero attached hydrogens (tertiary/aromatic N) is 1. The van der Waals surface area contributed by atoms with Crippen molar-refractivity contribution in [2.75, 3.05) is 65.2 Å². The first kappa shape index (κ1) is 21.6. The van der Waals surface area contributed by atoms with E-state index in [1.807, 2.05) is 0 Å². The molecule has 0 unspecified atom stereocenters. The number of rotatable bonds is 10. The minimum Gasteiger partial charge on any atom is -0.492 e. The fourth-order valence-corrected chi connectivity index (χ4v) is 3.91. The van der Waals surface area contributed by atoms with Gasteiger partial charge in [-0.1, -0.05) is 0 Å². The Morgan fingerprint density at radius 3 is 2.67 bits per heavy atom. The number of hydrogen-bond acceptors (Lipinski definition) is 7. The summed E-state index contributed by atoms with van der Waals surface area (Å²) in [6.45, 7) is 3.99. The van der Waals surface area contributed by atoms with E-state index in [2.05, 4.69) is 5.32 Å². The van der Waals surface area contributed by atoms with Crippen LogP contribution < -0.4 is 10.1 Å². The summed E-state index contributed by atoms with van der Waals surface area (Å²) in [4.78, 5) is 12.2. The Hall–Kier alpha value is -1.72. The summed E-state index contributed by atoms with van der Waals surface area (Å²) in [6, 6.07) is 4.42. The van der Waals surface area contributed by atoms with Gasteiger partial charge in [0.2, 0.25) is 15.9 Å². The second-order valence-electron chi connectivity index (χ2n) is 5.70. The second kappa shape index (κ2) is 10.6. The number of anilines is 1. The van der Waals surface area contributed by atoms with Crippen molar-refractivity contribution < 1.29 is 32.2 Å². The van der Waals surface area contributed by atoms with Crippen LogP contribution in [0.1, 0.15) is 6.92 Å². The standard InChI is InChI=1S/C17H26N2O7S/c1-3-26-16-5-4-14(27(21,22)19-6-8-24-9-7-19)12-15(16)18-17(20)13-25-11-10-23-2/h4-5,12H,3,6-11,13H2,1-2H3,(H,18,20). The molecule has 1 aliphatic heterocycles. The molecule has 0 atom stereocenters. The van der Waals surface area contributed by atoms with Crippen molar-refractivity contribution in [2.24, 2.45) is 0 Å². The molecule has 0 aromatic heterocycles. The summed E-state index contributed by atoms with van der Waals surface area (Å²) >= 11 is 0. The maximum Gasteiger partial charge on any atom is 0.250 e. The molecule has 2 rings (SSSR count). The molecule has 10 heteroatoms. The smallest absolute Gasteiger partial charge is 0.250 e. The number of amides is 1. The minimum absolute atomic E-state index is 0.0865. The lowest BCUT2D eigenvalue weighted by Gasteiger charge is -2.26. The number of morpholine rings is 1. The average molecular weight is 402 g/mol. The van der Waals surface area contributed by atoms with Crippen LogP contribution in [-0.2, 0) is 29.0 Å². The van der Waals surface area contributed by atoms with Crippen LogP contribution >= 0.6 is 0 Å². The van der Waals surface area contributed by atoms with Gasteiger partial charge in [-0.3, -0.25) is 4.79 Å². The number of nitrogens with one attached hydrogen (secondary N) is 1. The van der Waals surface area contributed by atoms with Crippen molar-refractivity contribution in [3.63, 3.8) is 0 Å². The predicted octanol–water partition coefficient (Wildman–Crippen LogP) is 0.708. The zero-order valence-corrected chi connectivity index (χ0v) is 16.4. The van der Waals surface area contributed by atoms with Crippen LogP contribution in [0.3, 0.4) is 0 Å². The fraction of sp³-hybridized carbons (Fsp3) is 0.588. The summed E-state index contributed by atoms with van der Waals surface area (Å²) in [7, 11) is -2.14. The summed E-state index contributed by atoms with van der Waals surface area (Å²) in [6.07, 6.45) is 0. The molecule has 0 saturated carbocycles. The maximum atomic E-state index is 12.8. The number of sulfonamides is 1. The molecule has 1 saturated heterocycles. The Kier molecular flexibility index (Phi) is 8.45. The van der Waals surface area contributed by atoms with E-state index in [0.717, 1.165) is 0 Å². The molecule has 1 amide bonds. The van der Waals surface area contributed by atoms with Gasteiger partial charge in [0.15, 0.2) is 0 Å². The number of carbonyl (C=O) groups is 1. The van der Waals surface area contributed by atoms with Crippen molar-refractivity contribution in [1.29, 1.82) is 0 Å². The normalized spacial score (nSPS) is 15.5. The topological polar surface area (TPSA) is 103 Å². The van der Waals surface area contributed by atoms with Gasteiger partial charge >= 0.3 is 0 Å². The highest BCUT2D eigenvalue weighted by Crippen LogP contribution is 2.29. The highest BCUT2D eigenvalue weighted by Gasteiger charge is 2.27. The van der Waals surface area contributed by atoms with E-state index in [0.29, 0.717) is 45.3 Å². The van der Waals surface area contributed by atoms with Gasteiger partial charge in [0.25, 0.3) is 0 Å². The highest BCUT2D eigenvalue weighted by molar-refractivity contribution is 7.89. The van der Waals surface area contributed by atoms with E-state index < -0.39 is 15.9 Å². The molecule has 0 radical (unpaired) electrons. The van der Waals surface area contributed by atoms with Gasteiger partial charge in [-0.15, -0.1) is 0 Å². The molecule has 1 aliphatic rings. The first-order chi connectivity index (χ1) is 13.0. The molecule has 1 N–H and O–H groups in total. The third-order valence-electron chi connectivity index (χ3n) is 3.80. The summed E-state index contributed by atoms with van der Waals surface area (Å²) in [5.74, 6) is -0.0170. The van der Waals surface area contributed by atoms with Crippen LogP contribution in [0.25, 0.3) is 0 Å². The first-order valence-corrected chi connectivity index (χ1v) is 10.1. The van der Waals surface area contributed by atoms with Crippen LogP contribution in [0.15, 0.2) is 23.1 Å². The monoisotopic (exact) mass is 402 g/mol. The first-order valence-electron chi connectivity index (χ1n) is 8.70. The maximum absolute atomic E-state index is 12.8. The third-order valence-corrected chi connectivity index (χ3v) is 5.69. The quantitative estimate of drug-likeness (QED) is 0.575. The molecule has 152 valence electrons. The van der Waals surface area contributed by atoms with Gasteiger partial charge in [0.05, 0.1) is 43.6 Å². The average Bonchev–Trinajstić information content (AvgIpc) is 2.67. The SMILES string of the molecule is CCOc1ccc(S(=O)(=O)N2CCOCC2)cc1NC(=O)COCCOC. The third kappa shape index (κ3) is 6.15. The minimum atomic E-state index is -3.68. The van der Waals surface area contributed by atoms with Gasteiger partial charge < -0.3 is 24.3 Å². The van der Waals surface area contributed by atoms with Crippen molar-refractivity contribution in [2.45, 2.75) is 11.8 Å². The Labute approximate surface area is 159 Å². The van der Waals surface area contributed by atoms with E-state index in [1.165, 1.54) is 29.6 Å². The van der Waals surface area contributed by atoms with E-state index in [1.54, 1.807) is 6.92 Å². The van der Waals surface area contributed by atoms with Gasteiger partial charge in [-0.25, -0.2) is 8.42 Å². The van der Waals surface area contributed by atoms with E-state index in [9.17, 15) is 13.2 Å². The molecule has 1 heterocycles. The molecular weight excluding hydrogens is 376 g/mol. The predicted molar refractivity (Wildman–Crippen MR) is 98.5 cm³/mol. The molecule has 1 fully saturated rings. The van der Waals surface area contributed by atoms with Gasteiger partial charge in [0.1, 0.15) is 12.4 Å². The molecular formula is C17H26N2O7S. The molecule has 0 spiro atoms. The van der Waals surface area contributed by atoms with Crippen molar-refractivity contribution >= 4 is 21.6 Å². The largest absolute Gasteiger partial charge is 0.492 e. The number of hydrogen-bond donors (Lipinski definition) is 1. The number of benzene rings is 1. The lowest BCUT2D eigenvalue weighted by molar-refractivity contribution is -0.121. The van der Waals surface area contributed by atoms with Gasteiger partial charge in [-0.05, 0) is 25.1 Å². The second-order valence-corrected chi connectivity index (χ2v) is 7.64. The Morgan fingerprint density at radius 2 is 2.00 bits per heavy atom. The van der Waals surface area contributed by atoms with Crippen LogP contribution in [0.4, 0.5) is 5.69 Å². The number of carbonyl (C=O) groups excluding carboxylic acids is 1. The van der Waals surface area contributed by atoms with E-state index in [4.69, 9.17) is 18.9 Å². The lowest BCUT2D eigenvalue weighted by Crippen LogP contribution is -2.40. The van der Waals surface area contributed by atoms with Crippen LogP contribution in [0.2, 0.25) is 0 Å². The molecule has 1 aromatic rings. The number of ether oxygens (including phenoxy) is 4. The Balaban J connectivity index is 2.16. The van der Waals surface area contributed by atoms with Crippen LogP contribution in [0, 0.1) is 0 Å². The Bertz CT molecular complexity index is 718. The zero-order chi connectivity index (χ0) is 19.7. The fourth-order valence-electron chi connectivity index (χ4n) is 2.48. The van der Waals surface area contributed by atoms with Crippen molar-refractivity contribution in [1.82, 2.24) is 4.31 Å². The number of methoxy groups -OCH3 is 1. The Morgan fingerprint density at radius 1 is 1.26 bits per heavy atom. The van der Waals surface area contributed by atoms with E-state index in [-0.39, 0.29) is 23.8 Å².